The molecule has 1 heterocycles. The first-order valence-corrected chi connectivity index (χ1v) is 7.36. The van der Waals surface area contributed by atoms with E-state index in [4.69, 9.17) is 4.74 Å². The van der Waals surface area contributed by atoms with E-state index in [2.05, 4.69) is 0 Å². The maximum Gasteiger partial charge on any atom is 0.260 e. The summed E-state index contributed by atoms with van der Waals surface area (Å²) < 4.78 is 19.2. The lowest BCUT2D eigenvalue weighted by Crippen LogP contribution is -2.45. The zero-order valence-corrected chi connectivity index (χ0v) is 12.5. The van der Waals surface area contributed by atoms with Crippen molar-refractivity contribution in [2.75, 3.05) is 13.7 Å². The first-order valence-electron chi connectivity index (χ1n) is 7.36. The lowest BCUT2D eigenvalue weighted by molar-refractivity contribution is 0.0507. The Morgan fingerprint density at radius 3 is 2.95 bits per heavy atom. The quantitative estimate of drug-likeness (QED) is 0.929. The van der Waals surface area contributed by atoms with Crippen LogP contribution >= 0.6 is 0 Å². The summed E-state index contributed by atoms with van der Waals surface area (Å²) in [5.74, 6) is -0.669. The second-order valence-corrected chi connectivity index (χ2v) is 5.55. The molecule has 1 N–H and O–H groups in total. The smallest absolute Gasteiger partial charge is 0.260 e. The van der Waals surface area contributed by atoms with Crippen LogP contribution in [0.3, 0.4) is 0 Å². The van der Waals surface area contributed by atoms with Gasteiger partial charge in [-0.15, -0.1) is 0 Å². The number of likely N-dealkylation sites (tertiary alicyclic amines) is 1. The minimum absolute atomic E-state index is 0.0162. The van der Waals surface area contributed by atoms with Gasteiger partial charge >= 0.3 is 0 Å². The largest absolute Gasteiger partial charge is 0.496 e. The lowest BCUT2D eigenvalue weighted by atomic mass is 9.96. The zero-order valence-electron chi connectivity index (χ0n) is 12.5. The summed E-state index contributed by atoms with van der Waals surface area (Å²) >= 11 is 0. The van der Waals surface area contributed by atoms with Crippen molar-refractivity contribution in [2.45, 2.75) is 44.8 Å². The molecule has 2 atom stereocenters. The van der Waals surface area contributed by atoms with Crippen LogP contribution in [0.2, 0.25) is 0 Å². The van der Waals surface area contributed by atoms with Crippen LogP contribution in [0.1, 0.15) is 43.0 Å². The fourth-order valence-corrected chi connectivity index (χ4v) is 2.93. The van der Waals surface area contributed by atoms with Crippen LogP contribution in [0.15, 0.2) is 18.2 Å². The molecular formula is C16H22FNO3. The Hall–Kier alpha value is -1.62. The van der Waals surface area contributed by atoms with E-state index >= 15 is 0 Å². The van der Waals surface area contributed by atoms with E-state index < -0.39 is 11.9 Å². The molecule has 2 unspecified atom stereocenters. The summed E-state index contributed by atoms with van der Waals surface area (Å²) in [4.78, 5) is 14.4. The summed E-state index contributed by atoms with van der Waals surface area (Å²) in [5, 5.41) is 9.59. The average Bonchev–Trinajstić information content (AvgIpc) is 2.46. The Morgan fingerprint density at radius 2 is 2.29 bits per heavy atom. The number of nitrogens with zero attached hydrogens (tertiary/aromatic N) is 1. The predicted octanol–water partition coefficient (Wildman–Crippen LogP) is 2.60. The molecule has 0 bridgehead atoms. The second-order valence-electron chi connectivity index (χ2n) is 5.55. The number of hydrogen-bond acceptors (Lipinski definition) is 3. The molecule has 0 saturated carbocycles. The molecule has 1 aliphatic heterocycles. The highest BCUT2D eigenvalue weighted by molar-refractivity contribution is 5.97. The highest BCUT2D eigenvalue weighted by atomic mass is 19.1. The summed E-state index contributed by atoms with van der Waals surface area (Å²) in [6.07, 6.45) is 2.80. The fraction of sp³-hybridized carbons (Fsp3) is 0.562. The van der Waals surface area contributed by atoms with E-state index in [1.165, 1.54) is 19.2 Å². The van der Waals surface area contributed by atoms with Crippen LogP contribution in [-0.4, -0.2) is 41.7 Å². The van der Waals surface area contributed by atoms with Crippen molar-refractivity contribution in [1.82, 2.24) is 4.90 Å². The van der Waals surface area contributed by atoms with Crippen molar-refractivity contribution < 1.29 is 19.0 Å². The molecule has 2 rings (SSSR count). The molecule has 1 amide bonds. The van der Waals surface area contributed by atoms with Crippen LogP contribution in [0.5, 0.6) is 5.75 Å². The van der Waals surface area contributed by atoms with Crippen molar-refractivity contribution in [3.05, 3.63) is 29.6 Å². The first kappa shape index (κ1) is 15.8. The minimum Gasteiger partial charge on any atom is -0.496 e. The first-order chi connectivity index (χ1) is 10.0. The van der Waals surface area contributed by atoms with Crippen molar-refractivity contribution in [2.24, 2.45) is 0 Å². The van der Waals surface area contributed by atoms with Gasteiger partial charge in [0, 0.05) is 12.6 Å². The second kappa shape index (κ2) is 6.89. The number of amides is 1. The van der Waals surface area contributed by atoms with Gasteiger partial charge in [0.25, 0.3) is 5.91 Å². The minimum atomic E-state index is -0.569. The normalized spacial score (nSPS) is 20.2. The molecular weight excluding hydrogens is 273 g/mol. The molecule has 5 heteroatoms. The Labute approximate surface area is 124 Å². The Kier molecular flexibility index (Phi) is 5.17. The third kappa shape index (κ3) is 3.53. The van der Waals surface area contributed by atoms with E-state index in [1.807, 2.05) is 0 Å². The monoisotopic (exact) mass is 295 g/mol. The average molecular weight is 295 g/mol. The van der Waals surface area contributed by atoms with E-state index in [1.54, 1.807) is 17.9 Å². The lowest BCUT2D eigenvalue weighted by Gasteiger charge is -2.36. The van der Waals surface area contributed by atoms with Crippen LogP contribution in [-0.2, 0) is 0 Å². The van der Waals surface area contributed by atoms with Crippen LogP contribution in [0, 0.1) is 5.82 Å². The number of carbonyl (C=O) groups excluding carboxylic acids is 1. The molecule has 4 nitrogen and oxygen atoms in total. The van der Waals surface area contributed by atoms with Gasteiger partial charge in [-0.05, 0) is 44.7 Å². The van der Waals surface area contributed by atoms with Crippen LogP contribution in [0.4, 0.5) is 4.39 Å². The summed E-state index contributed by atoms with van der Waals surface area (Å²) in [5.41, 5.74) is -0.0162. The van der Waals surface area contributed by atoms with Gasteiger partial charge in [0.1, 0.15) is 17.1 Å². The molecule has 0 aromatic heterocycles. The van der Waals surface area contributed by atoms with E-state index in [0.29, 0.717) is 13.0 Å². The van der Waals surface area contributed by atoms with Crippen LogP contribution in [0.25, 0.3) is 0 Å². The van der Waals surface area contributed by atoms with Gasteiger partial charge in [0.2, 0.25) is 0 Å². The SMILES string of the molecule is COc1cccc(F)c1C(=O)N1CCCCC1CC(C)O. The third-order valence-electron chi connectivity index (χ3n) is 3.91. The highest BCUT2D eigenvalue weighted by Gasteiger charge is 2.31. The summed E-state index contributed by atoms with van der Waals surface area (Å²) in [7, 11) is 1.43. The molecule has 1 fully saturated rings. The van der Waals surface area contributed by atoms with Gasteiger partial charge in [0.15, 0.2) is 0 Å². The molecule has 1 aliphatic rings. The number of benzene rings is 1. The third-order valence-corrected chi connectivity index (χ3v) is 3.91. The molecule has 1 aromatic rings. The van der Waals surface area contributed by atoms with Gasteiger partial charge in [-0.2, -0.15) is 0 Å². The number of ether oxygens (including phenoxy) is 1. The molecule has 116 valence electrons. The van der Waals surface area contributed by atoms with Crippen molar-refractivity contribution in [3.8, 4) is 5.75 Å². The van der Waals surface area contributed by atoms with Gasteiger partial charge in [-0.1, -0.05) is 6.07 Å². The van der Waals surface area contributed by atoms with Gasteiger partial charge in [-0.3, -0.25) is 4.79 Å². The van der Waals surface area contributed by atoms with Gasteiger partial charge < -0.3 is 14.7 Å². The number of aliphatic hydroxyl groups is 1. The molecule has 1 saturated heterocycles. The number of halogens is 1. The van der Waals surface area contributed by atoms with E-state index in [9.17, 15) is 14.3 Å². The maximum absolute atomic E-state index is 14.1. The molecule has 21 heavy (non-hydrogen) atoms. The van der Waals surface area contributed by atoms with Crippen LogP contribution < -0.4 is 4.74 Å². The summed E-state index contributed by atoms with van der Waals surface area (Å²) in [6, 6.07) is 4.33. The number of carbonyl (C=O) groups is 1. The predicted molar refractivity (Wildman–Crippen MR) is 77.9 cm³/mol. The standard InChI is InChI=1S/C16H22FNO3/c1-11(19)10-12-6-3-4-9-18(12)16(20)15-13(17)7-5-8-14(15)21-2/h5,7-8,11-12,19H,3-4,6,9-10H2,1-2H3. The van der Waals surface area contributed by atoms with E-state index in [-0.39, 0.29) is 23.3 Å². The van der Waals surface area contributed by atoms with Gasteiger partial charge in [-0.25, -0.2) is 4.39 Å². The zero-order chi connectivity index (χ0) is 15.4. The van der Waals surface area contributed by atoms with Crippen molar-refractivity contribution >= 4 is 5.91 Å². The maximum atomic E-state index is 14.1. The number of methoxy groups -OCH3 is 1. The number of rotatable bonds is 4. The van der Waals surface area contributed by atoms with E-state index in [0.717, 1.165) is 19.3 Å². The van der Waals surface area contributed by atoms with Gasteiger partial charge in [0.05, 0.1) is 13.2 Å². The molecule has 0 radical (unpaired) electrons. The van der Waals surface area contributed by atoms with Crippen molar-refractivity contribution in [1.29, 1.82) is 0 Å². The molecule has 1 aromatic carbocycles. The Balaban J connectivity index is 2.29. The fourth-order valence-electron chi connectivity index (χ4n) is 2.93. The number of piperidine rings is 1. The summed E-state index contributed by atoms with van der Waals surface area (Å²) in [6.45, 7) is 2.30. The Morgan fingerprint density at radius 1 is 1.52 bits per heavy atom. The van der Waals surface area contributed by atoms with Crippen molar-refractivity contribution in [3.63, 3.8) is 0 Å². The highest BCUT2D eigenvalue weighted by Crippen LogP contribution is 2.28. The number of aliphatic hydroxyl groups excluding tert-OH is 1. The Bertz CT molecular complexity index is 504. The molecule has 0 aliphatic carbocycles. The molecule has 0 spiro atoms. The number of hydrogen-bond donors (Lipinski definition) is 1. The topological polar surface area (TPSA) is 49.8 Å².